The van der Waals surface area contributed by atoms with E-state index in [2.05, 4.69) is 20.2 Å². The summed E-state index contributed by atoms with van der Waals surface area (Å²) in [5.41, 5.74) is 1.82. The fourth-order valence-corrected chi connectivity index (χ4v) is 2.92. The van der Waals surface area contributed by atoms with Crippen molar-refractivity contribution in [1.29, 1.82) is 0 Å². The number of carbonyl (C=O) groups is 1. The first-order chi connectivity index (χ1) is 9.75. The van der Waals surface area contributed by atoms with Gasteiger partial charge in [-0.2, -0.15) is 0 Å². The minimum Gasteiger partial charge on any atom is -0.476 e. The van der Waals surface area contributed by atoms with Crippen LogP contribution in [0.15, 0.2) is 0 Å². The molecular formula is C14H20N4O2. The Bertz CT molecular complexity index is 510. The fourth-order valence-electron chi connectivity index (χ4n) is 2.92. The number of carboxylic acid groups (broad SMARTS) is 1. The summed E-state index contributed by atoms with van der Waals surface area (Å²) in [6.45, 7) is 3.26. The molecule has 0 amide bonds. The first kappa shape index (κ1) is 13.3. The second-order valence-corrected chi connectivity index (χ2v) is 5.43. The molecule has 0 saturated carbocycles. The summed E-state index contributed by atoms with van der Waals surface area (Å²) in [5, 5.41) is 12.6. The van der Waals surface area contributed by atoms with E-state index in [1.807, 2.05) is 0 Å². The van der Waals surface area contributed by atoms with Crippen LogP contribution < -0.4 is 10.2 Å². The van der Waals surface area contributed by atoms with Crippen molar-refractivity contribution >= 4 is 11.9 Å². The molecule has 20 heavy (non-hydrogen) atoms. The normalized spacial score (nSPS) is 19.3. The third kappa shape index (κ3) is 2.60. The van der Waals surface area contributed by atoms with Crippen LogP contribution in [0.1, 0.15) is 47.4 Å². The number of hydrogen-bond acceptors (Lipinski definition) is 5. The third-order valence-corrected chi connectivity index (χ3v) is 4.01. The molecule has 6 heteroatoms. The van der Waals surface area contributed by atoms with Crippen LogP contribution in [-0.2, 0) is 13.0 Å². The Hall–Kier alpha value is -1.69. The van der Waals surface area contributed by atoms with Gasteiger partial charge in [-0.25, -0.2) is 14.8 Å². The van der Waals surface area contributed by atoms with Gasteiger partial charge in [-0.15, -0.1) is 0 Å². The van der Waals surface area contributed by atoms with Gasteiger partial charge in [0.05, 0.1) is 5.69 Å². The lowest BCUT2D eigenvalue weighted by atomic mass is 10.1. The predicted octanol–water partition coefficient (Wildman–Crippen LogP) is 1.20. The average molecular weight is 276 g/mol. The largest absolute Gasteiger partial charge is 0.476 e. The lowest BCUT2D eigenvalue weighted by molar-refractivity contribution is 0.0688. The maximum Gasteiger partial charge on any atom is 0.355 e. The molecule has 0 unspecified atom stereocenters. The van der Waals surface area contributed by atoms with Gasteiger partial charge in [-0.3, -0.25) is 0 Å². The van der Waals surface area contributed by atoms with Crippen LogP contribution in [0.2, 0.25) is 0 Å². The molecule has 3 rings (SSSR count). The minimum atomic E-state index is -0.955. The molecule has 1 aromatic rings. The van der Waals surface area contributed by atoms with Gasteiger partial charge < -0.3 is 15.3 Å². The van der Waals surface area contributed by atoms with Crippen LogP contribution in [0.4, 0.5) is 5.95 Å². The zero-order valence-electron chi connectivity index (χ0n) is 11.6. The van der Waals surface area contributed by atoms with Gasteiger partial charge in [0.1, 0.15) is 0 Å². The maximum absolute atomic E-state index is 11.4. The van der Waals surface area contributed by atoms with Crippen LogP contribution in [0.5, 0.6) is 0 Å². The molecule has 0 atom stereocenters. The number of hydrogen-bond donors (Lipinski definition) is 2. The number of aromatic nitrogens is 2. The van der Waals surface area contributed by atoms with Gasteiger partial charge in [-0.05, 0) is 12.8 Å². The second kappa shape index (κ2) is 5.75. The predicted molar refractivity (Wildman–Crippen MR) is 75.1 cm³/mol. The fraction of sp³-hybridized carbons (Fsp3) is 0.643. The smallest absolute Gasteiger partial charge is 0.355 e. The van der Waals surface area contributed by atoms with E-state index in [-0.39, 0.29) is 5.69 Å². The molecule has 0 spiro atoms. The van der Waals surface area contributed by atoms with Crippen molar-refractivity contribution in [2.75, 3.05) is 24.5 Å². The standard InChI is InChI=1S/C14H20N4O2/c19-13(20)12-10-9-15-6-5-11(10)16-14(17-12)18-7-3-1-2-4-8-18/h15H,1-9H2,(H,19,20). The lowest BCUT2D eigenvalue weighted by Crippen LogP contribution is -2.31. The molecule has 0 aliphatic carbocycles. The van der Waals surface area contributed by atoms with Crippen LogP contribution >= 0.6 is 0 Å². The van der Waals surface area contributed by atoms with Crippen molar-refractivity contribution in [3.63, 3.8) is 0 Å². The summed E-state index contributed by atoms with van der Waals surface area (Å²) >= 11 is 0. The number of anilines is 1. The lowest BCUT2D eigenvalue weighted by Gasteiger charge is -2.24. The van der Waals surface area contributed by atoms with Crippen molar-refractivity contribution in [2.24, 2.45) is 0 Å². The van der Waals surface area contributed by atoms with E-state index in [1.165, 1.54) is 12.8 Å². The van der Waals surface area contributed by atoms with E-state index >= 15 is 0 Å². The summed E-state index contributed by atoms with van der Waals surface area (Å²) < 4.78 is 0. The number of carboxylic acids is 1. The van der Waals surface area contributed by atoms with Gasteiger partial charge in [0.25, 0.3) is 0 Å². The Morgan fingerprint density at radius 3 is 2.60 bits per heavy atom. The van der Waals surface area contributed by atoms with E-state index in [0.717, 1.165) is 50.2 Å². The quantitative estimate of drug-likeness (QED) is 0.845. The number of nitrogens with zero attached hydrogens (tertiary/aromatic N) is 3. The molecule has 2 aliphatic rings. The van der Waals surface area contributed by atoms with Gasteiger partial charge >= 0.3 is 5.97 Å². The first-order valence-electron chi connectivity index (χ1n) is 7.34. The van der Waals surface area contributed by atoms with Crippen molar-refractivity contribution in [2.45, 2.75) is 38.6 Å². The number of rotatable bonds is 2. The number of fused-ring (bicyclic) bond motifs is 1. The molecule has 2 N–H and O–H groups in total. The van der Waals surface area contributed by atoms with Crippen LogP contribution in [0, 0.1) is 0 Å². The maximum atomic E-state index is 11.4. The molecule has 2 aliphatic heterocycles. The average Bonchev–Trinajstić information content (AvgIpc) is 2.75. The topological polar surface area (TPSA) is 78.3 Å². The van der Waals surface area contributed by atoms with Crippen molar-refractivity contribution in [3.05, 3.63) is 17.0 Å². The second-order valence-electron chi connectivity index (χ2n) is 5.43. The van der Waals surface area contributed by atoms with Crippen molar-refractivity contribution in [1.82, 2.24) is 15.3 Å². The van der Waals surface area contributed by atoms with E-state index in [4.69, 9.17) is 0 Å². The van der Waals surface area contributed by atoms with Gasteiger partial charge in [0.15, 0.2) is 5.69 Å². The highest BCUT2D eigenvalue weighted by atomic mass is 16.4. The highest BCUT2D eigenvalue weighted by molar-refractivity contribution is 5.87. The van der Waals surface area contributed by atoms with Crippen LogP contribution in [0.3, 0.4) is 0 Å². The number of nitrogens with one attached hydrogen (secondary N) is 1. The molecule has 0 bridgehead atoms. The zero-order valence-corrected chi connectivity index (χ0v) is 11.6. The van der Waals surface area contributed by atoms with E-state index in [0.29, 0.717) is 12.5 Å². The molecule has 108 valence electrons. The van der Waals surface area contributed by atoms with Gasteiger partial charge in [-0.1, -0.05) is 12.8 Å². The van der Waals surface area contributed by atoms with Crippen LogP contribution in [0.25, 0.3) is 0 Å². The summed E-state index contributed by atoms with van der Waals surface area (Å²) in [6, 6.07) is 0. The monoisotopic (exact) mass is 276 g/mol. The molecule has 3 heterocycles. The zero-order chi connectivity index (χ0) is 13.9. The third-order valence-electron chi connectivity index (χ3n) is 4.01. The first-order valence-corrected chi connectivity index (χ1v) is 7.34. The summed E-state index contributed by atoms with van der Waals surface area (Å²) in [4.78, 5) is 22.5. The molecule has 1 fully saturated rings. The van der Waals surface area contributed by atoms with Gasteiger partial charge in [0.2, 0.25) is 5.95 Å². The molecule has 0 radical (unpaired) electrons. The summed E-state index contributed by atoms with van der Waals surface area (Å²) in [7, 11) is 0. The molecule has 0 aromatic carbocycles. The van der Waals surface area contributed by atoms with Gasteiger partial charge in [0, 0.05) is 38.2 Å². The van der Waals surface area contributed by atoms with Crippen molar-refractivity contribution < 1.29 is 9.90 Å². The molecule has 6 nitrogen and oxygen atoms in total. The van der Waals surface area contributed by atoms with E-state index < -0.39 is 5.97 Å². The minimum absolute atomic E-state index is 0.168. The SMILES string of the molecule is O=C(O)c1nc(N2CCCCCC2)nc2c1CNCC2. The van der Waals surface area contributed by atoms with Crippen LogP contribution in [-0.4, -0.2) is 40.7 Å². The highest BCUT2D eigenvalue weighted by Crippen LogP contribution is 2.21. The summed E-state index contributed by atoms with van der Waals surface area (Å²) in [5.74, 6) is -0.353. The van der Waals surface area contributed by atoms with E-state index in [9.17, 15) is 9.90 Å². The van der Waals surface area contributed by atoms with Crippen molar-refractivity contribution in [3.8, 4) is 0 Å². The highest BCUT2D eigenvalue weighted by Gasteiger charge is 2.23. The Kier molecular flexibility index (Phi) is 3.82. The Morgan fingerprint density at radius 2 is 1.90 bits per heavy atom. The summed E-state index contributed by atoms with van der Waals surface area (Å²) in [6.07, 6.45) is 5.50. The number of aromatic carboxylic acids is 1. The molecule has 1 aromatic heterocycles. The molecule has 1 saturated heterocycles. The Labute approximate surface area is 118 Å². The Morgan fingerprint density at radius 1 is 1.15 bits per heavy atom. The Balaban J connectivity index is 1.98. The molecular weight excluding hydrogens is 256 g/mol. The van der Waals surface area contributed by atoms with E-state index in [1.54, 1.807) is 0 Å².